The van der Waals surface area contributed by atoms with Gasteiger partial charge in [-0.15, -0.1) is 0 Å². The van der Waals surface area contributed by atoms with Crippen molar-refractivity contribution < 1.29 is 18.7 Å². The van der Waals surface area contributed by atoms with E-state index in [0.717, 1.165) is 0 Å². The van der Waals surface area contributed by atoms with Crippen LogP contribution in [-0.2, 0) is 4.79 Å². The minimum Gasteiger partial charge on any atom is -0.490 e. The molecule has 1 N–H and O–H groups in total. The molecule has 0 aliphatic carbocycles. The Bertz CT molecular complexity index is 918. The molecule has 0 spiro atoms. The largest absolute Gasteiger partial charge is 0.490 e. The van der Waals surface area contributed by atoms with E-state index in [9.17, 15) is 14.4 Å². The highest BCUT2D eigenvalue weighted by molar-refractivity contribution is 9.10. The second-order valence-electron chi connectivity index (χ2n) is 6.06. The Morgan fingerprint density at radius 2 is 2.00 bits per heavy atom. The molecule has 0 aliphatic rings. The van der Waals surface area contributed by atoms with E-state index in [-0.39, 0.29) is 11.7 Å². The third-order valence-corrected chi connectivity index (χ3v) is 4.05. The zero-order valence-corrected chi connectivity index (χ0v) is 17.3. The molecule has 0 aliphatic heterocycles. The molecule has 0 saturated carbocycles. The monoisotopic (exact) mass is 446 g/mol. The lowest BCUT2D eigenvalue weighted by Crippen LogP contribution is -2.13. The van der Waals surface area contributed by atoms with Crippen LogP contribution < -0.4 is 14.8 Å². The molecule has 0 heterocycles. The molecule has 2 aromatic rings. The molecule has 0 saturated heterocycles. The number of hydrogen-bond acceptors (Lipinski definition) is 4. The summed E-state index contributed by atoms with van der Waals surface area (Å²) in [5, 5.41) is 12.0. The SMILES string of the molecule is CCOc1cc(/C=C(\C#N)C(=O)Nc2ccc(F)cc2)cc(Br)c1OC(C)C. The van der Waals surface area contributed by atoms with Crippen molar-refractivity contribution in [2.75, 3.05) is 11.9 Å². The van der Waals surface area contributed by atoms with Gasteiger partial charge in [0.25, 0.3) is 5.91 Å². The minimum atomic E-state index is -0.592. The lowest BCUT2D eigenvalue weighted by Gasteiger charge is -2.17. The maximum Gasteiger partial charge on any atom is 0.266 e. The number of anilines is 1. The van der Waals surface area contributed by atoms with E-state index in [1.54, 1.807) is 12.1 Å². The summed E-state index contributed by atoms with van der Waals surface area (Å²) in [7, 11) is 0. The molecule has 0 bridgehead atoms. The summed E-state index contributed by atoms with van der Waals surface area (Å²) < 4.78 is 25.1. The van der Waals surface area contributed by atoms with Crippen LogP contribution in [0.3, 0.4) is 0 Å². The van der Waals surface area contributed by atoms with Crippen LogP contribution in [0.4, 0.5) is 10.1 Å². The van der Waals surface area contributed by atoms with Gasteiger partial charge >= 0.3 is 0 Å². The zero-order chi connectivity index (χ0) is 20.7. The van der Waals surface area contributed by atoms with E-state index >= 15 is 0 Å². The van der Waals surface area contributed by atoms with Gasteiger partial charge in [-0.2, -0.15) is 5.26 Å². The average molecular weight is 447 g/mol. The number of halogens is 2. The Morgan fingerprint density at radius 3 is 2.57 bits per heavy atom. The summed E-state index contributed by atoms with van der Waals surface area (Å²) >= 11 is 3.45. The topological polar surface area (TPSA) is 71.3 Å². The van der Waals surface area contributed by atoms with Crippen molar-refractivity contribution in [2.45, 2.75) is 26.9 Å². The highest BCUT2D eigenvalue weighted by Gasteiger charge is 2.15. The Hall–Kier alpha value is -2.85. The highest BCUT2D eigenvalue weighted by atomic mass is 79.9. The van der Waals surface area contributed by atoms with Gasteiger partial charge < -0.3 is 14.8 Å². The number of nitrogens with one attached hydrogen (secondary N) is 1. The van der Waals surface area contributed by atoms with Crippen LogP contribution in [0.25, 0.3) is 6.08 Å². The van der Waals surface area contributed by atoms with Crippen LogP contribution in [0.5, 0.6) is 11.5 Å². The molecule has 28 heavy (non-hydrogen) atoms. The summed E-state index contributed by atoms with van der Waals surface area (Å²) in [5.74, 6) is 0.0630. The average Bonchev–Trinajstić information content (AvgIpc) is 2.64. The summed E-state index contributed by atoms with van der Waals surface area (Å²) in [6.45, 7) is 6.10. The molecule has 0 aromatic heterocycles. The van der Waals surface area contributed by atoms with Crippen molar-refractivity contribution in [1.82, 2.24) is 0 Å². The van der Waals surface area contributed by atoms with E-state index in [0.29, 0.717) is 33.8 Å². The quantitative estimate of drug-likeness (QED) is 0.461. The first-order valence-corrected chi connectivity index (χ1v) is 9.45. The van der Waals surface area contributed by atoms with Gasteiger partial charge in [-0.25, -0.2) is 4.39 Å². The molecule has 0 unspecified atom stereocenters. The Labute approximate surface area is 171 Å². The van der Waals surface area contributed by atoms with Gasteiger partial charge in [0.15, 0.2) is 11.5 Å². The Balaban J connectivity index is 2.33. The van der Waals surface area contributed by atoms with Gasteiger partial charge in [0.1, 0.15) is 17.5 Å². The van der Waals surface area contributed by atoms with Crippen molar-refractivity contribution in [3.8, 4) is 17.6 Å². The summed E-state index contributed by atoms with van der Waals surface area (Å²) in [5.41, 5.74) is 0.887. The fraction of sp³-hybridized carbons (Fsp3) is 0.238. The zero-order valence-electron chi connectivity index (χ0n) is 15.8. The van der Waals surface area contributed by atoms with Crippen LogP contribution >= 0.6 is 15.9 Å². The molecule has 2 aromatic carbocycles. The second-order valence-corrected chi connectivity index (χ2v) is 6.91. The highest BCUT2D eigenvalue weighted by Crippen LogP contribution is 2.38. The normalized spacial score (nSPS) is 11.1. The minimum absolute atomic E-state index is 0.0481. The number of nitriles is 1. The number of carbonyl (C=O) groups excluding carboxylic acids is 1. The van der Waals surface area contributed by atoms with Crippen LogP contribution in [0.15, 0.2) is 46.4 Å². The number of amides is 1. The summed E-state index contributed by atoms with van der Waals surface area (Å²) in [6.07, 6.45) is 1.40. The summed E-state index contributed by atoms with van der Waals surface area (Å²) in [6, 6.07) is 10.6. The number of hydrogen-bond donors (Lipinski definition) is 1. The van der Waals surface area contributed by atoms with Gasteiger partial charge in [0.2, 0.25) is 0 Å². The van der Waals surface area contributed by atoms with Gasteiger partial charge in [-0.3, -0.25) is 4.79 Å². The van der Waals surface area contributed by atoms with Crippen LogP contribution in [0, 0.1) is 17.1 Å². The molecule has 1 amide bonds. The molecular formula is C21H20BrFN2O3. The fourth-order valence-corrected chi connectivity index (χ4v) is 2.88. The molecule has 0 radical (unpaired) electrons. The van der Waals surface area contributed by atoms with E-state index < -0.39 is 11.7 Å². The van der Waals surface area contributed by atoms with Crippen LogP contribution in [0.1, 0.15) is 26.3 Å². The number of carbonyl (C=O) groups is 1. The maximum atomic E-state index is 13.0. The van der Waals surface area contributed by atoms with Crippen molar-refractivity contribution in [3.63, 3.8) is 0 Å². The molecule has 2 rings (SSSR count). The molecular weight excluding hydrogens is 427 g/mol. The van der Waals surface area contributed by atoms with Crippen molar-refractivity contribution >= 4 is 33.6 Å². The molecule has 0 fully saturated rings. The van der Waals surface area contributed by atoms with Gasteiger partial charge in [-0.1, -0.05) is 0 Å². The maximum absolute atomic E-state index is 13.0. The first kappa shape index (κ1) is 21.5. The Kier molecular flexibility index (Phi) is 7.59. The predicted octanol–water partition coefficient (Wildman–Crippen LogP) is 5.32. The number of rotatable bonds is 7. The lowest BCUT2D eigenvalue weighted by molar-refractivity contribution is -0.112. The third-order valence-electron chi connectivity index (χ3n) is 3.46. The fourth-order valence-electron chi connectivity index (χ4n) is 2.33. The predicted molar refractivity (Wildman–Crippen MR) is 110 cm³/mol. The van der Waals surface area contributed by atoms with E-state index in [4.69, 9.17) is 9.47 Å². The third kappa shape index (κ3) is 5.83. The lowest BCUT2D eigenvalue weighted by atomic mass is 10.1. The standard InChI is InChI=1S/C21H20BrFN2O3/c1-4-27-19-11-14(10-18(22)20(19)28-13(2)3)9-15(12-24)21(26)25-17-7-5-16(23)6-8-17/h5-11,13H,4H2,1-3H3,(H,25,26)/b15-9+. The van der Waals surface area contributed by atoms with Gasteiger partial charge in [0, 0.05) is 5.69 Å². The van der Waals surface area contributed by atoms with Crippen LogP contribution in [0.2, 0.25) is 0 Å². The van der Waals surface area contributed by atoms with Crippen molar-refractivity contribution in [2.24, 2.45) is 0 Å². The molecule has 146 valence electrons. The summed E-state index contributed by atoms with van der Waals surface area (Å²) in [4.78, 5) is 12.4. The van der Waals surface area contributed by atoms with E-state index in [2.05, 4.69) is 21.2 Å². The number of benzene rings is 2. The van der Waals surface area contributed by atoms with E-state index in [1.807, 2.05) is 26.8 Å². The van der Waals surface area contributed by atoms with E-state index in [1.165, 1.54) is 30.3 Å². The molecule has 0 atom stereocenters. The van der Waals surface area contributed by atoms with Gasteiger partial charge in [0.05, 0.1) is 17.2 Å². The first-order valence-electron chi connectivity index (χ1n) is 8.65. The van der Waals surface area contributed by atoms with Gasteiger partial charge in [-0.05, 0) is 84.7 Å². The number of nitrogens with zero attached hydrogens (tertiary/aromatic N) is 1. The van der Waals surface area contributed by atoms with Crippen LogP contribution in [-0.4, -0.2) is 18.6 Å². The molecule has 7 heteroatoms. The molecule has 5 nitrogen and oxygen atoms in total. The smallest absolute Gasteiger partial charge is 0.266 e. The first-order chi connectivity index (χ1) is 13.3. The Morgan fingerprint density at radius 1 is 1.32 bits per heavy atom. The van der Waals surface area contributed by atoms with Crippen molar-refractivity contribution in [1.29, 1.82) is 5.26 Å². The second kappa shape index (κ2) is 9.90. The number of ether oxygens (including phenoxy) is 2. The van der Waals surface area contributed by atoms with Crippen molar-refractivity contribution in [3.05, 3.63) is 57.8 Å².